The maximum absolute atomic E-state index is 8.73. The first kappa shape index (κ1) is 10.3. The topological polar surface area (TPSA) is 38.7 Å². The monoisotopic (exact) mass is 194 g/mol. The number of aliphatic hydroxyl groups is 1. The summed E-state index contributed by atoms with van der Waals surface area (Å²) in [6.45, 7) is 0.564. The van der Waals surface area contributed by atoms with Gasteiger partial charge in [-0.2, -0.15) is 0 Å². The fourth-order valence-electron chi connectivity index (χ4n) is 1.16. The molecule has 12 heavy (non-hydrogen) atoms. The number of alkyl halides is 1. The van der Waals surface area contributed by atoms with Crippen LogP contribution in [0.3, 0.4) is 0 Å². The lowest BCUT2D eigenvalue weighted by atomic mass is 10.2. The molecule has 0 spiro atoms. The average molecular weight is 195 g/mol. The van der Waals surface area contributed by atoms with Gasteiger partial charge in [0.1, 0.15) is 6.10 Å². The number of unbranched alkanes of at least 4 members (excludes halogenated alkanes) is 1. The van der Waals surface area contributed by atoms with Crippen LogP contribution in [0.4, 0.5) is 0 Å². The highest BCUT2D eigenvalue weighted by Crippen LogP contribution is 2.16. The Morgan fingerprint density at radius 2 is 2.25 bits per heavy atom. The Balaban J connectivity index is 2.03. The molecule has 0 aliphatic carbocycles. The molecule has 0 bridgehead atoms. The van der Waals surface area contributed by atoms with Gasteiger partial charge in [0.05, 0.1) is 13.2 Å². The zero-order valence-corrected chi connectivity index (χ0v) is 7.79. The molecule has 3 nitrogen and oxygen atoms in total. The molecule has 1 aliphatic rings. The molecular formula is C8H15ClO3. The van der Waals surface area contributed by atoms with Crippen molar-refractivity contribution in [3.8, 4) is 0 Å². The van der Waals surface area contributed by atoms with E-state index in [1.165, 1.54) is 0 Å². The smallest absolute Gasteiger partial charge is 0.158 e. The van der Waals surface area contributed by atoms with Gasteiger partial charge in [0.15, 0.2) is 6.29 Å². The van der Waals surface area contributed by atoms with Crippen LogP contribution in [0.5, 0.6) is 0 Å². The first-order chi connectivity index (χ1) is 5.86. The van der Waals surface area contributed by atoms with E-state index >= 15 is 0 Å². The molecule has 1 saturated heterocycles. The van der Waals surface area contributed by atoms with Crippen molar-refractivity contribution in [2.45, 2.75) is 31.7 Å². The predicted molar refractivity (Wildman–Crippen MR) is 46.3 cm³/mol. The second kappa shape index (κ2) is 5.75. The summed E-state index contributed by atoms with van der Waals surface area (Å²) in [6.07, 6.45) is 2.65. The summed E-state index contributed by atoms with van der Waals surface area (Å²) in [4.78, 5) is 0. The first-order valence-electron chi connectivity index (χ1n) is 4.30. The van der Waals surface area contributed by atoms with Crippen molar-refractivity contribution >= 4 is 11.6 Å². The Kier molecular flexibility index (Phi) is 4.92. The third-order valence-electron chi connectivity index (χ3n) is 1.84. The Morgan fingerprint density at radius 3 is 2.83 bits per heavy atom. The molecule has 1 fully saturated rings. The minimum atomic E-state index is -0.120. The average Bonchev–Trinajstić information content (AvgIpc) is 2.53. The van der Waals surface area contributed by atoms with E-state index in [-0.39, 0.29) is 19.0 Å². The molecular weight excluding hydrogens is 180 g/mol. The van der Waals surface area contributed by atoms with Crippen LogP contribution in [0, 0.1) is 0 Å². The Morgan fingerprint density at radius 1 is 1.42 bits per heavy atom. The van der Waals surface area contributed by atoms with Crippen LogP contribution in [0.1, 0.15) is 19.3 Å². The van der Waals surface area contributed by atoms with E-state index in [2.05, 4.69) is 0 Å². The molecule has 0 radical (unpaired) electrons. The largest absolute Gasteiger partial charge is 0.394 e. The highest BCUT2D eigenvalue weighted by atomic mass is 35.5. The highest BCUT2D eigenvalue weighted by molar-refractivity contribution is 6.17. The van der Waals surface area contributed by atoms with Crippen LogP contribution in [-0.4, -0.2) is 36.6 Å². The molecule has 1 rings (SSSR count). The van der Waals surface area contributed by atoms with Crippen molar-refractivity contribution in [1.82, 2.24) is 0 Å². The fourth-order valence-corrected chi connectivity index (χ4v) is 1.35. The minimum absolute atomic E-state index is 0.0476. The molecule has 1 heterocycles. The molecule has 0 amide bonds. The second-order valence-electron chi connectivity index (χ2n) is 2.89. The number of hydrogen-bond donors (Lipinski definition) is 1. The maximum atomic E-state index is 8.73. The lowest BCUT2D eigenvalue weighted by Gasteiger charge is -2.08. The molecule has 2 unspecified atom stereocenters. The van der Waals surface area contributed by atoms with E-state index in [0.29, 0.717) is 12.5 Å². The van der Waals surface area contributed by atoms with Crippen molar-refractivity contribution in [3.05, 3.63) is 0 Å². The van der Waals surface area contributed by atoms with Crippen LogP contribution < -0.4 is 0 Å². The summed E-state index contributed by atoms with van der Waals surface area (Å²) in [5.41, 5.74) is 0. The summed E-state index contributed by atoms with van der Waals surface area (Å²) < 4.78 is 10.6. The summed E-state index contributed by atoms with van der Waals surface area (Å²) in [7, 11) is 0. The Labute approximate surface area is 77.6 Å². The van der Waals surface area contributed by atoms with Gasteiger partial charge in [-0.1, -0.05) is 0 Å². The van der Waals surface area contributed by atoms with Crippen molar-refractivity contribution in [2.75, 3.05) is 19.1 Å². The van der Waals surface area contributed by atoms with E-state index in [9.17, 15) is 0 Å². The molecule has 0 aromatic carbocycles. The molecule has 0 aromatic rings. The molecule has 0 aromatic heterocycles. The summed E-state index contributed by atoms with van der Waals surface area (Å²) in [5, 5.41) is 8.73. The zero-order chi connectivity index (χ0) is 8.81. The van der Waals surface area contributed by atoms with Crippen LogP contribution >= 0.6 is 11.6 Å². The van der Waals surface area contributed by atoms with Crippen molar-refractivity contribution in [3.63, 3.8) is 0 Å². The van der Waals surface area contributed by atoms with E-state index < -0.39 is 0 Å². The van der Waals surface area contributed by atoms with Crippen LogP contribution in [0.15, 0.2) is 0 Å². The van der Waals surface area contributed by atoms with Gasteiger partial charge >= 0.3 is 0 Å². The normalized spacial score (nSPS) is 29.5. The van der Waals surface area contributed by atoms with Crippen molar-refractivity contribution in [1.29, 1.82) is 0 Å². The highest BCUT2D eigenvalue weighted by Gasteiger charge is 2.24. The molecule has 72 valence electrons. The van der Waals surface area contributed by atoms with Gasteiger partial charge < -0.3 is 14.6 Å². The predicted octanol–water partition coefficient (Wildman–Crippen LogP) is 1.13. The number of ether oxygens (including phenoxy) is 2. The van der Waals surface area contributed by atoms with E-state index in [0.717, 1.165) is 19.3 Å². The summed E-state index contributed by atoms with van der Waals surface area (Å²) in [5.74, 6) is 0.691. The summed E-state index contributed by atoms with van der Waals surface area (Å²) >= 11 is 5.52. The van der Waals surface area contributed by atoms with Gasteiger partial charge in [-0.25, -0.2) is 0 Å². The Hall–Kier alpha value is 0.170. The molecule has 0 saturated carbocycles. The van der Waals surface area contributed by atoms with E-state index in [4.69, 9.17) is 26.2 Å². The van der Waals surface area contributed by atoms with Crippen molar-refractivity contribution in [2.24, 2.45) is 0 Å². The quantitative estimate of drug-likeness (QED) is 0.527. The van der Waals surface area contributed by atoms with Crippen LogP contribution in [0.25, 0.3) is 0 Å². The molecule has 4 heteroatoms. The van der Waals surface area contributed by atoms with E-state index in [1.54, 1.807) is 0 Å². The minimum Gasteiger partial charge on any atom is -0.394 e. The van der Waals surface area contributed by atoms with E-state index in [1.807, 2.05) is 0 Å². The SMILES string of the molecule is OCC1COC(CCCCCl)O1. The number of halogens is 1. The lowest BCUT2D eigenvalue weighted by molar-refractivity contribution is -0.0699. The van der Waals surface area contributed by atoms with Crippen molar-refractivity contribution < 1.29 is 14.6 Å². The third-order valence-corrected chi connectivity index (χ3v) is 2.11. The Bertz CT molecular complexity index is 121. The van der Waals surface area contributed by atoms with Crippen LogP contribution in [-0.2, 0) is 9.47 Å². The second-order valence-corrected chi connectivity index (χ2v) is 3.27. The molecule has 1 aliphatic heterocycles. The van der Waals surface area contributed by atoms with Gasteiger partial charge in [0.25, 0.3) is 0 Å². The fraction of sp³-hybridized carbons (Fsp3) is 1.00. The third kappa shape index (κ3) is 3.27. The molecule has 1 N–H and O–H groups in total. The lowest BCUT2D eigenvalue weighted by Crippen LogP contribution is -2.16. The maximum Gasteiger partial charge on any atom is 0.158 e. The number of aliphatic hydroxyl groups excluding tert-OH is 1. The number of hydrogen-bond acceptors (Lipinski definition) is 3. The molecule has 2 atom stereocenters. The van der Waals surface area contributed by atoms with Gasteiger partial charge in [-0.3, -0.25) is 0 Å². The van der Waals surface area contributed by atoms with Gasteiger partial charge in [-0.15, -0.1) is 11.6 Å². The first-order valence-corrected chi connectivity index (χ1v) is 4.84. The van der Waals surface area contributed by atoms with Gasteiger partial charge in [-0.05, 0) is 19.3 Å². The summed E-state index contributed by atoms with van der Waals surface area (Å²) in [6, 6.07) is 0. The van der Waals surface area contributed by atoms with Gasteiger partial charge in [0, 0.05) is 5.88 Å². The standard InChI is InChI=1S/C8H15ClO3/c9-4-2-1-3-8-11-6-7(5-10)12-8/h7-8,10H,1-6H2. The number of rotatable bonds is 5. The van der Waals surface area contributed by atoms with Gasteiger partial charge in [0.2, 0.25) is 0 Å². The zero-order valence-electron chi connectivity index (χ0n) is 7.04. The van der Waals surface area contributed by atoms with Crippen LogP contribution in [0.2, 0.25) is 0 Å².